The summed E-state index contributed by atoms with van der Waals surface area (Å²) in [4.78, 5) is 42.6. The minimum atomic E-state index is -0.726. The van der Waals surface area contributed by atoms with Gasteiger partial charge in [0.1, 0.15) is 17.9 Å². The molecular formula is C32H25BrN2O4. The second kappa shape index (κ2) is 11.1. The standard InChI is InChI=1S/C32H25BrN2O4/c1-21-13-14-24(17-22(21)2)20-39-29-16-15-23(19-28(29)33)18-27-30(36)34(25-9-5-3-6-10-25)32(38)35(31(27)37)26-11-7-4-8-12-26/h3-19H,20H2,1-2H3. The summed E-state index contributed by atoms with van der Waals surface area (Å²) in [6.07, 6.45) is 1.50. The number of amides is 4. The van der Waals surface area contributed by atoms with Crippen molar-refractivity contribution in [2.24, 2.45) is 0 Å². The number of hydrogen-bond acceptors (Lipinski definition) is 4. The fraction of sp³-hybridized carbons (Fsp3) is 0.0938. The van der Waals surface area contributed by atoms with Crippen LogP contribution in [0, 0.1) is 13.8 Å². The number of urea groups is 1. The van der Waals surface area contributed by atoms with Crippen LogP contribution >= 0.6 is 15.9 Å². The molecule has 0 bridgehead atoms. The first-order valence-electron chi connectivity index (χ1n) is 12.4. The molecule has 0 atom stereocenters. The van der Waals surface area contributed by atoms with Crippen molar-refractivity contribution < 1.29 is 19.1 Å². The SMILES string of the molecule is Cc1ccc(COc2ccc(C=C3C(=O)N(c4ccccc4)C(=O)N(c4ccccc4)C3=O)cc2Br)cc1C. The number of benzene rings is 4. The molecule has 4 aromatic rings. The molecule has 0 saturated carbocycles. The summed E-state index contributed by atoms with van der Waals surface area (Å²) in [7, 11) is 0. The highest BCUT2D eigenvalue weighted by molar-refractivity contribution is 9.10. The van der Waals surface area contributed by atoms with E-state index in [-0.39, 0.29) is 5.57 Å². The van der Waals surface area contributed by atoms with Crippen LogP contribution in [0.4, 0.5) is 16.2 Å². The van der Waals surface area contributed by atoms with Crippen molar-refractivity contribution in [3.8, 4) is 5.75 Å². The second-order valence-corrected chi connectivity index (χ2v) is 10.0. The van der Waals surface area contributed by atoms with E-state index in [1.165, 1.54) is 17.2 Å². The number of barbiturate groups is 1. The number of anilines is 2. The zero-order valence-electron chi connectivity index (χ0n) is 21.4. The monoisotopic (exact) mass is 580 g/mol. The Kier molecular flexibility index (Phi) is 7.43. The number of aryl methyl sites for hydroxylation is 2. The molecule has 0 unspecified atom stereocenters. The predicted octanol–water partition coefficient (Wildman–Crippen LogP) is 7.23. The minimum absolute atomic E-state index is 0.127. The van der Waals surface area contributed by atoms with Gasteiger partial charge in [0.25, 0.3) is 11.8 Å². The zero-order chi connectivity index (χ0) is 27.5. The molecule has 1 heterocycles. The molecule has 0 N–H and O–H groups in total. The first-order chi connectivity index (χ1) is 18.8. The molecule has 4 amide bonds. The van der Waals surface area contributed by atoms with E-state index in [0.717, 1.165) is 15.4 Å². The third-order valence-electron chi connectivity index (χ3n) is 6.51. The molecule has 1 saturated heterocycles. The van der Waals surface area contributed by atoms with Crippen molar-refractivity contribution in [2.75, 3.05) is 9.80 Å². The van der Waals surface area contributed by atoms with Gasteiger partial charge in [0.05, 0.1) is 15.8 Å². The maximum atomic E-state index is 13.5. The fourth-order valence-corrected chi connectivity index (χ4v) is 4.80. The Morgan fingerprint density at radius 3 is 1.85 bits per heavy atom. The van der Waals surface area contributed by atoms with Crippen molar-refractivity contribution in [3.63, 3.8) is 0 Å². The topological polar surface area (TPSA) is 66.9 Å². The molecule has 0 radical (unpaired) electrons. The third-order valence-corrected chi connectivity index (χ3v) is 7.13. The van der Waals surface area contributed by atoms with Crippen LogP contribution < -0.4 is 14.5 Å². The maximum absolute atomic E-state index is 13.5. The highest BCUT2D eigenvalue weighted by atomic mass is 79.9. The van der Waals surface area contributed by atoms with E-state index in [4.69, 9.17) is 4.74 Å². The normalized spacial score (nSPS) is 13.6. The van der Waals surface area contributed by atoms with Gasteiger partial charge in [-0.05, 0) is 94.5 Å². The van der Waals surface area contributed by atoms with Crippen molar-refractivity contribution in [3.05, 3.63) is 129 Å². The maximum Gasteiger partial charge on any atom is 0.343 e. The van der Waals surface area contributed by atoms with Crippen molar-refractivity contribution in [1.29, 1.82) is 0 Å². The summed E-state index contributed by atoms with van der Waals surface area (Å²) in [5, 5.41) is 0. The number of hydrogen-bond donors (Lipinski definition) is 0. The summed E-state index contributed by atoms with van der Waals surface area (Å²) in [6, 6.07) is 27.9. The third kappa shape index (κ3) is 5.40. The molecule has 39 heavy (non-hydrogen) atoms. The van der Waals surface area contributed by atoms with Gasteiger partial charge in [-0.15, -0.1) is 0 Å². The second-order valence-electron chi connectivity index (χ2n) is 9.19. The number of halogens is 1. The number of ether oxygens (including phenoxy) is 1. The molecule has 1 fully saturated rings. The lowest BCUT2D eigenvalue weighted by Gasteiger charge is -2.33. The first kappa shape index (κ1) is 26.1. The Morgan fingerprint density at radius 2 is 1.31 bits per heavy atom. The Hall–Kier alpha value is -4.49. The summed E-state index contributed by atoms with van der Waals surface area (Å²) in [6.45, 7) is 4.53. The highest BCUT2D eigenvalue weighted by Crippen LogP contribution is 2.32. The minimum Gasteiger partial charge on any atom is -0.488 e. The zero-order valence-corrected chi connectivity index (χ0v) is 23.0. The number of para-hydroxylation sites is 2. The van der Waals surface area contributed by atoms with Gasteiger partial charge in [-0.2, -0.15) is 0 Å². The lowest BCUT2D eigenvalue weighted by molar-refractivity contribution is -0.121. The van der Waals surface area contributed by atoms with E-state index in [1.807, 2.05) is 6.07 Å². The van der Waals surface area contributed by atoms with Gasteiger partial charge in [0, 0.05) is 0 Å². The van der Waals surface area contributed by atoms with Crippen LogP contribution in [0.2, 0.25) is 0 Å². The number of nitrogens with zero attached hydrogens (tertiary/aromatic N) is 2. The largest absolute Gasteiger partial charge is 0.488 e. The molecule has 1 aliphatic rings. The summed E-state index contributed by atoms with van der Waals surface area (Å²) in [5.74, 6) is -0.743. The van der Waals surface area contributed by atoms with Crippen LogP contribution in [0.25, 0.3) is 6.08 Å². The van der Waals surface area contributed by atoms with Gasteiger partial charge in [0.15, 0.2) is 0 Å². The molecule has 5 rings (SSSR count). The molecule has 1 aliphatic heterocycles. The molecule has 0 aromatic heterocycles. The Morgan fingerprint density at radius 1 is 0.718 bits per heavy atom. The van der Waals surface area contributed by atoms with Crippen LogP contribution in [0.5, 0.6) is 5.75 Å². The average molecular weight is 581 g/mol. The van der Waals surface area contributed by atoms with Crippen LogP contribution in [-0.4, -0.2) is 17.8 Å². The average Bonchev–Trinajstić information content (AvgIpc) is 2.94. The van der Waals surface area contributed by atoms with Gasteiger partial charge in [-0.1, -0.05) is 60.7 Å². The van der Waals surface area contributed by atoms with Gasteiger partial charge < -0.3 is 4.74 Å². The predicted molar refractivity (Wildman–Crippen MR) is 156 cm³/mol. The van der Waals surface area contributed by atoms with E-state index in [9.17, 15) is 14.4 Å². The van der Waals surface area contributed by atoms with Crippen molar-refractivity contribution >= 4 is 51.2 Å². The Balaban J connectivity index is 1.47. The number of carbonyl (C=O) groups excluding carboxylic acids is 3. The van der Waals surface area contributed by atoms with E-state index in [0.29, 0.717) is 33.8 Å². The lowest BCUT2D eigenvalue weighted by atomic mass is 10.0. The van der Waals surface area contributed by atoms with E-state index in [1.54, 1.807) is 78.9 Å². The van der Waals surface area contributed by atoms with Gasteiger partial charge in [-0.3, -0.25) is 9.59 Å². The summed E-state index contributed by atoms with van der Waals surface area (Å²) < 4.78 is 6.68. The molecule has 6 nitrogen and oxygen atoms in total. The Bertz CT molecular complexity index is 1540. The number of rotatable bonds is 6. The molecular weight excluding hydrogens is 556 g/mol. The molecule has 7 heteroatoms. The van der Waals surface area contributed by atoms with Crippen LogP contribution in [-0.2, 0) is 16.2 Å². The fourth-order valence-electron chi connectivity index (χ4n) is 4.28. The van der Waals surface area contributed by atoms with Crippen LogP contribution in [0.15, 0.2) is 107 Å². The van der Waals surface area contributed by atoms with Gasteiger partial charge in [0.2, 0.25) is 0 Å². The number of carbonyl (C=O) groups is 3. The molecule has 0 spiro atoms. The molecule has 194 valence electrons. The smallest absolute Gasteiger partial charge is 0.343 e. The highest BCUT2D eigenvalue weighted by Gasteiger charge is 2.43. The van der Waals surface area contributed by atoms with E-state index in [2.05, 4.69) is 41.9 Å². The molecule has 0 aliphatic carbocycles. The van der Waals surface area contributed by atoms with Crippen molar-refractivity contribution in [2.45, 2.75) is 20.5 Å². The van der Waals surface area contributed by atoms with E-state index < -0.39 is 17.8 Å². The van der Waals surface area contributed by atoms with Crippen LogP contribution in [0.3, 0.4) is 0 Å². The number of imide groups is 2. The molecule has 4 aromatic carbocycles. The quantitative estimate of drug-likeness (QED) is 0.178. The first-order valence-corrected chi connectivity index (χ1v) is 13.2. The van der Waals surface area contributed by atoms with Gasteiger partial charge >= 0.3 is 6.03 Å². The summed E-state index contributed by atoms with van der Waals surface area (Å²) in [5.41, 5.74) is 4.71. The summed E-state index contributed by atoms with van der Waals surface area (Å²) >= 11 is 3.55. The van der Waals surface area contributed by atoms with Gasteiger partial charge in [-0.25, -0.2) is 14.6 Å². The van der Waals surface area contributed by atoms with Crippen molar-refractivity contribution in [1.82, 2.24) is 0 Å². The lowest BCUT2D eigenvalue weighted by Crippen LogP contribution is -2.57. The van der Waals surface area contributed by atoms with Crippen LogP contribution in [0.1, 0.15) is 22.3 Å². The van der Waals surface area contributed by atoms with E-state index >= 15 is 0 Å². The Labute approximate surface area is 235 Å².